The van der Waals surface area contributed by atoms with Gasteiger partial charge in [0, 0.05) is 17.1 Å². The first-order chi connectivity index (χ1) is 10.5. The van der Waals surface area contributed by atoms with Crippen molar-refractivity contribution in [3.8, 4) is 17.2 Å². The second-order valence-corrected chi connectivity index (χ2v) is 4.71. The van der Waals surface area contributed by atoms with Crippen LogP contribution >= 0.6 is 0 Å². The van der Waals surface area contributed by atoms with E-state index in [1.807, 2.05) is 6.07 Å². The van der Waals surface area contributed by atoms with E-state index in [2.05, 4.69) is 4.98 Å². The average Bonchev–Trinajstić information content (AvgIpc) is 2.53. The highest BCUT2D eigenvalue weighted by molar-refractivity contribution is 5.92. The number of rotatable bonds is 1. The molecule has 0 aliphatic heterocycles. The molecule has 0 spiro atoms. The molecule has 0 saturated carbocycles. The summed E-state index contributed by atoms with van der Waals surface area (Å²) in [6.45, 7) is 0. The van der Waals surface area contributed by atoms with Crippen LogP contribution in [0, 0.1) is 11.3 Å². The van der Waals surface area contributed by atoms with Crippen LogP contribution in [0.15, 0.2) is 54.7 Å². The van der Waals surface area contributed by atoms with Crippen molar-refractivity contribution >= 4 is 10.9 Å². The molecule has 0 N–H and O–H groups in total. The van der Waals surface area contributed by atoms with Crippen molar-refractivity contribution < 1.29 is 13.2 Å². The van der Waals surface area contributed by atoms with Crippen LogP contribution < -0.4 is 0 Å². The first-order valence-corrected chi connectivity index (χ1v) is 6.47. The first-order valence-electron chi connectivity index (χ1n) is 6.47. The van der Waals surface area contributed by atoms with Gasteiger partial charge in [0.15, 0.2) is 0 Å². The third-order valence-electron chi connectivity index (χ3n) is 3.42. The van der Waals surface area contributed by atoms with Gasteiger partial charge in [0.2, 0.25) is 0 Å². The van der Waals surface area contributed by atoms with Crippen LogP contribution in [-0.2, 0) is 6.18 Å². The number of hydrogen-bond donors (Lipinski definition) is 0. The summed E-state index contributed by atoms with van der Waals surface area (Å²) in [6.07, 6.45) is -2.90. The SMILES string of the molecule is N#Cc1c(-c2ccccc2C(F)(F)F)ccc2ncccc12. The Labute approximate surface area is 124 Å². The van der Waals surface area contributed by atoms with E-state index in [4.69, 9.17) is 0 Å². The summed E-state index contributed by atoms with van der Waals surface area (Å²) in [6, 6.07) is 13.7. The molecule has 0 saturated heterocycles. The third kappa shape index (κ3) is 2.29. The number of fused-ring (bicyclic) bond motifs is 1. The number of pyridine rings is 1. The number of alkyl halides is 3. The zero-order chi connectivity index (χ0) is 15.7. The second kappa shape index (κ2) is 5.15. The molecular weight excluding hydrogens is 289 g/mol. The van der Waals surface area contributed by atoms with Gasteiger partial charge in [0.1, 0.15) is 6.07 Å². The van der Waals surface area contributed by atoms with Gasteiger partial charge in [-0.05, 0) is 29.8 Å². The van der Waals surface area contributed by atoms with E-state index in [1.54, 1.807) is 24.4 Å². The van der Waals surface area contributed by atoms with Gasteiger partial charge in [-0.3, -0.25) is 4.98 Å². The van der Waals surface area contributed by atoms with Crippen molar-refractivity contribution in [2.75, 3.05) is 0 Å². The molecule has 0 aliphatic carbocycles. The summed E-state index contributed by atoms with van der Waals surface area (Å²) in [7, 11) is 0. The Balaban J connectivity index is 2.35. The lowest BCUT2D eigenvalue weighted by Gasteiger charge is -2.14. The van der Waals surface area contributed by atoms with Crippen LogP contribution in [0.25, 0.3) is 22.0 Å². The standard InChI is InChI=1S/C17H9F3N2/c18-17(19,20)15-6-2-1-4-12(15)11-7-8-16-13(14(11)10-21)5-3-9-22-16/h1-9H. The Morgan fingerprint density at radius 3 is 2.41 bits per heavy atom. The van der Waals surface area contributed by atoms with Crippen molar-refractivity contribution in [3.63, 3.8) is 0 Å². The van der Waals surface area contributed by atoms with Gasteiger partial charge in [-0.2, -0.15) is 18.4 Å². The average molecular weight is 298 g/mol. The van der Waals surface area contributed by atoms with Crippen molar-refractivity contribution in [3.05, 3.63) is 65.9 Å². The van der Waals surface area contributed by atoms with E-state index < -0.39 is 11.7 Å². The van der Waals surface area contributed by atoms with Crippen LogP contribution in [0.3, 0.4) is 0 Å². The van der Waals surface area contributed by atoms with E-state index in [-0.39, 0.29) is 16.7 Å². The quantitative estimate of drug-likeness (QED) is 0.647. The molecule has 2 nitrogen and oxygen atoms in total. The number of nitriles is 1. The van der Waals surface area contributed by atoms with E-state index in [0.29, 0.717) is 10.9 Å². The largest absolute Gasteiger partial charge is 0.417 e. The lowest BCUT2D eigenvalue weighted by molar-refractivity contribution is -0.137. The van der Waals surface area contributed by atoms with Crippen molar-refractivity contribution in [1.29, 1.82) is 5.26 Å². The molecule has 0 aliphatic rings. The molecular formula is C17H9F3N2. The first kappa shape index (κ1) is 14.1. The minimum Gasteiger partial charge on any atom is -0.256 e. The normalized spacial score (nSPS) is 11.4. The molecule has 1 aromatic heterocycles. The summed E-state index contributed by atoms with van der Waals surface area (Å²) in [5, 5.41) is 9.95. The van der Waals surface area contributed by atoms with Gasteiger partial charge in [-0.1, -0.05) is 24.3 Å². The van der Waals surface area contributed by atoms with Crippen LogP contribution in [0.5, 0.6) is 0 Å². The number of benzene rings is 2. The van der Waals surface area contributed by atoms with Gasteiger partial charge >= 0.3 is 6.18 Å². The predicted octanol–water partition coefficient (Wildman–Crippen LogP) is 4.79. The molecule has 108 valence electrons. The summed E-state index contributed by atoms with van der Waals surface area (Å²) < 4.78 is 39.6. The molecule has 2 aromatic carbocycles. The Kier molecular flexibility index (Phi) is 3.30. The van der Waals surface area contributed by atoms with Crippen LogP contribution in [-0.4, -0.2) is 4.98 Å². The van der Waals surface area contributed by atoms with Crippen molar-refractivity contribution in [2.45, 2.75) is 6.18 Å². The number of nitrogens with zero attached hydrogens (tertiary/aromatic N) is 2. The molecule has 0 atom stereocenters. The zero-order valence-corrected chi connectivity index (χ0v) is 11.2. The smallest absolute Gasteiger partial charge is 0.256 e. The monoisotopic (exact) mass is 298 g/mol. The number of halogens is 3. The van der Waals surface area contributed by atoms with E-state index in [9.17, 15) is 18.4 Å². The van der Waals surface area contributed by atoms with Gasteiger partial charge in [-0.25, -0.2) is 0 Å². The Morgan fingerprint density at radius 1 is 0.909 bits per heavy atom. The summed E-state index contributed by atoms with van der Waals surface area (Å²) in [5.41, 5.74) is 0.276. The lowest BCUT2D eigenvalue weighted by atomic mass is 9.93. The van der Waals surface area contributed by atoms with Gasteiger partial charge < -0.3 is 0 Å². The molecule has 1 heterocycles. The maximum Gasteiger partial charge on any atom is 0.417 e. The number of aromatic nitrogens is 1. The van der Waals surface area contributed by atoms with Crippen molar-refractivity contribution in [2.24, 2.45) is 0 Å². The topological polar surface area (TPSA) is 36.7 Å². The van der Waals surface area contributed by atoms with Gasteiger partial charge in [0.05, 0.1) is 16.6 Å². The van der Waals surface area contributed by atoms with E-state index >= 15 is 0 Å². The molecule has 5 heteroatoms. The fourth-order valence-corrected chi connectivity index (χ4v) is 2.46. The zero-order valence-electron chi connectivity index (χ0n) is 11.2. The van der Waals surface area contributed by atoms with Crippen LogP contribution in [0.1, 0.15) is 11.1 Å². The lowest BCUT2D eigenvalue weighted by Crippen LogP contribution is -2.07. The highest BCUT2D eigenvalue weighted by Gasteiger charge is 2.33. The molecule has 0 amide bonds. The third-order valence-corrected chi connectivity index (χ3v) is 3.42. The summed E-state index contributed by atoms with van der Waals surface area (Å²) >= 11 is 0. The fraction of sp³-hybridized carbons (Fsp3) is 0.0588. The van der Waals surface area contributed by atoms with E-state index in [1.165, 1.54) is 24.3 Å². The molecule has 0 bridgehead atoms. The Hall–Kier alpha value is -2.87. The second-order valence-electron chi connectivity index (χ2n) is 4.71. The fourth-order valence-electron chi connectivity index (χ4n) is 2.46. The Bertz CT molecular complexity index is 892. The molecule has 22 heavy (non-hydrogen) atoms. The maximum absolute atomic E-state index is 13.2. The van der Waals surface area contributed by atoms with Gasteiger partial charge in [0.25, 0.3) is 0 Å². The van der Waals surface area contributed by atoms with Crippen LogP contribution in [0.4, 0.5) is 13.2 Å². The molecule has 0 radical (unpaired) electrons. The minimum atomic E-state index is -4.48. The molecule has 3 aromatic rings. The summed E-state index contributed by atoms with van der Waals surface area (Å²) in [5.74, 6) is 0. The van der Waals surface area contributed by atoms with Crippen molar-refractivity contribution in [1.82, 2.24) is 4.98 Å². The number of hydrogen-bond acceptors (Lipinski definition) is 2. The highest BCUT2D eigenvalue weighted by Crippen LogP contribution is 2.39. The maximum atomic E-state index is 13.2. The van der Waals surface area contributed by atoms with Crippen LogP contribution in [0.2, 0.25) is 0 Å². The molecule has 3 rings (SSSR count). The molecule has 0 fully saturated rings. The Morgan fingerprint density at radius 2 is 1.68 bits per heavy atom. The van der Waals surface area contributed by atoms with E-state index in [0.717, 1.165) is 6.07 Å². The summed E-state index contributed by atoms with van der Waals surface area (Å²) in [4.78, 5) is 4.12. The van der Waals surface area contributed by atoms with Gasteiger partial charge in [-0.15, -0.1) is 0 Å². The minimum absolute atomic E-state index is 0.00250. The predicted molar refractivity (Wildman–Crippen MR) is 76.9 cm³/mol. The molecule has 0 unspecified atom stereocenters. The highest BCUT2D eigenvalue weighted by atomic mass is 19.4.